The summed E-state index contributed by atoms with van der Waals surface area (Å²) in [6.45, 7) is 3.23. The number of hydrogen-bond donors (Lipinski definition) is 0. The summed E-state index contributed by atoms with van der Waals surface area (Å²) in [5, 5.41) is 2.37. The second kappa shape index (κ2) is 9.52. The van der Waals surface area contributed by atoms with Crippen LogP contribution in [0, 0.1) is 6.92 Å². The molecule has 0 radical (unpaired) electrons. The Hall–Kier alpha value is -3.30. The molecule has 0 saturated carbocycles. The molecule has 9 heteroatoms. The van der Waals surface area contributed by atoms with Crippen molar-refractivity contribution in [1.82, 2.24) is 9.55 Å². The lowest BCUT2D eigenvalue weighted by Gasteiger charge is -2.29. The molecule has 1 aliphatic heterocycles. The minimum Gasteiger partial charge on any atom is -0.496 e. The average Bonchev–Trinajstić information content (AvgIpc) is 3.33. The van der Waals surface area contributed by atoms with Gasteiger partial charge in [0.15, 0.2) is 5.16 Å². The predicted molar refractivity (Wildman–Crippen MR) is 136 cm³/mol. The highest BCUT2D eigenvalue weighted by Gasteiger charge is 2.25. The third-order valence-electron chi connectivity index (χ3n) is 5.66. The Morgan fingerprint density at radius 3 is 2.94 bits per heavy atom. The molecule has 3 heterocycles. The first-order chi connectivity index (χ1) is 16.5. The lowest BCUT2D eigenvalue weighted by molar-refractivity contribution is -0.116. The third-order valence-corrected chi connectivity index (χ3v) is 7.51. The SMILES string of the molecule is COc1ccccc1Cn1c(SCC(=O)N2CCOc3ccc(C)cc32)nc2ccsc2c1=O. The number of carbonyl (C=O) groups excluding carboxylic acids is 1. The summed E-state index contributed by atoms with van der Waals surface area (Å²) in [6, 6.07) is 15.3. The van der Waals surface area contributed by atoms with Crippen molar-refractivity contribution in [3.63, 3.8) is 0 Å². The highest BCUT2D eigenvalue weighted by atomic mass is 32.2. The first-order valence-corrected chi connectivity index (χ1v) is 12.7. The third kappa shape index (κ3) is 4.28. The van der Waals surface area contributed by atoms with Gasteiger partial charge in [0, 0.05) is 5.56 Å². The number of para-hydroxylation sites is 1. The van der Waals surface area contributed by atoms with Gasteiger partial charge in [0.2, 0.25) is 5.91 Å². The molecule has 34 heavy (non-hydrogen) atoms. The highest BCUT2D eigenvalue weighted by Crippen LogP contribution is 2.33. The zero-order valence-corrected chi connectivity index (χ0v) is 20.4. The monoisotopic (exact) mass is 493 g/mol. The van der Waals surface area contributed by atoms with Crippen molar-refractivity contribution < 1.29 is 14.3 Å². The summed E-state index contributed by atoms with van der Waals surface area (Å²) in [7, 11) is 1.61. The van der Waals surface area contributed by atoms with Crippen molar-refractivity contribution in [2.75, 3.05) is 30.9 Å². The van der Waals surface area contributed by atoms with Gasteiger partial charge < -0.3 is 14.4 Å². The van der Waals surface area contributed by atoms with Crippen molar-refractivity contribution in [3.8, 4) is 11.5 Å². The van der Waals surface area contributed by atoms with Gasteiger partial charge >= 0.3 is 0 Å². The zero-order chi connectivity index (χ0) is 23.7. The lowest BCUT2D eigenvalue weighted by atomic mass is 10.1. The number of aryl methyl sites for hydroxylation is 1. The average molecular weight is 494 g/mol. The molecule has 0 saturated heterocycles. The minimum absolute atomic E-state index is 0.0522. The predicted octanol–water partition coefficient (Wildman–Crippen LogP) is 4.34. The Morgan fingerprint density at radius 1 is 1.24 bits per heavy atom. The van der Waals surface area contributed by atoms with Crippen molar-refractivity contribution in [2.45, 2.75) is 18.6 Å². The maximum absolute atomic E-state index is 13.3. The van der Waals surface area contributed by atoms with E-state index >= 15 is 0 Å². The fourth-order valence-corrected chi connectivity index (χ4v) is 5.62. The molecule has 0 bridgehead atoms. The van der Waals surface area contributed by atoms with Gasteiger partial charge in [0.25, 0.3) is 5.56 Å². The number of methoxy groups -OCH3 is 1. The molecule has 1 aliphatic rings. The maximum Gasteiger partial charge on any atom is 0.272 e. The molecule has 0 atom stereocenters. The lowest BCUT2D eigenvalue weighted by Crippen LogP contribution is -2.39. The fraction of sp³-hybridized carbons (Fsp3) is 0.240. The number of anilines is 1. The van der Waals surface area contributed by atoms with Crippen LogP contribution in [-0.2, 0) is 11.3 Å². The van der Waals surface area contributed by atoms with E-state index < -0.39 is 0 Å². The van der Waals surface area contributed by atoms with Gasteiger partial charge in [-0.05, 0) is 42.1 Å². The summed E-state index contributed by atoms with van der Waals surface area (Å²) in [4.78, 5) is 33.0. The van der Waals surface area contributed by atoms with Crippen LogP contribution < -0.4 is 19.9 Å². The number of fused-ring (bicyclic) bond motifs is 2. The highest BCUT2D eigenvalue weighted by molar-refractivity contribution is 7.99. The standard InChI is InChI=1S/C25H23N3O4S2/c1-16-7-8-21-19(13-16)27(10-11-32-21)22(29)15-34-25-26-18-9-12-33-23(18)24(30)28(25)14-17-5-3-4-6-20(17)31-2/h3-9,12-13H,10-11,14-15H2,1-2H3. The van der Waals surface area contributed by atoms with Gasteiger partial charge in [-0.15, -0.1) is 11.3 Å². The van der Waals surface area contributed by atoms with E-state index in [0.29, 0.717) is 46.6 Å². The molecular formula is C25H23N3O4S2. The molecule has 0 N–H and O–H groups in total. The number of thioether (sulfide) groups is 1. The number of amides is 1. The number of thiophene rings is 1. The Bertz CT molecular complexity index is 1430. The van der Waals surface area contributed by atoms with Crippen LogP contribution in [0.25, 0.3) is 10.2 Å². The number of nitrogens with zero attached hydrogens (tertiary/aromatic N) is 3. The van der Waals surface area contributed by atoms with E-state index in [-0.39, 0.29) is 17.2 Å². The van der Waals surface area contributed by atoms with Crippen molar-refractivity contribution in [1.29, 1.82) is 0 Å². The topological polar surface area (TPSA) is 73.7 Å². The Balaban J connectivity index is 1.45. The number of ether oxygens (including phenoxy) is 2. The second-order valence-electron chi connectivity index (χ2n) is 7.89. The number of carbonyl (C=O) groups is 1. The summed E-state index contributed by atoms with van der Waals surface area (Å²) in [5.41, 5.74) is 3.24. The first kappa shape index (κ1) is 22.5. The minimum atomic E-state index is -0.117. The van der Waals surface area contributed by atoms with Crippen LogP contribution >= 0.6 is 23.1 Å². The van der Waals surface area contributed by atoms with Crippen LogP contribution in [0.5, 0.6) is 11.5 Å². The Kier molecular flexibility index (Phi) is 6.30. The normalized spacial score (nSPS) is 12.9. The Labute approximate surface area is 204 Å². The largest absolute Gasteiger partial charge is 0.496 e. The van der Waals surface area contributed by atoms with E-state index in [0.717, 1.165) is 16.8 Å². The number of aromatic nitrogens is 2. The summed E-state index contributed by atoms with van der Waals surface area (Å²) in [5.74, 6) is 1.51. The molecule has 2 aromatic carbocycles. The van der Waals surface area contributed by atoms with Crippen molar-refractivity contribution in [2.24, 2.45) is 0 Å². The van der Waals surface area contributed by atoms with E-state index in [9.17, 15) is 9.59 Å². The summed E-state index contributed by atoms with van der Waals surface area (Å²) in [6.07, 6.45) is 0. The molecule has 0 aliphatic carbocycles. The van der Waals surface area contributed by atoms with Crippen LogP contribution in [0.4, 0.5) is 5.69 Å². The number of benzene rings is 2. The number of rotatable bonds is 6. The molecule has 0 fully saturated rings. The van der Waals surface area contributed by atoms with Crippen LogP contribution in [0.3, 0.4) is 0 Å². The molecule has 2 aromatic heterocycles. The molecule has 4 aromatic rings. The first-order valence-electron chi connectivity index (χ1n) is 10.8. The van der Waals surface area contributed by atoms with Crippen molar-refractivity contribution in [3.05, 3.63) is 75.4 Å². The number of hydrogen-bond acceptors (Lipinski definition) is 7. The van der Waals surface area contributed by atoms with Gasteiger partial charge in [0.05, 0.1) is 37.2 Å². The van der Waals surface area contributed by atoms with E-state index in [4.69, 9.17) is 14.5 Å². The van der Waals surface area contributed by atoms with Gasteiger partial charge in [-0.3, -0.25) is 14.2 Å². The quantitative estimate of drug-likeness (QED) is 0.294. The molecule has 5 rings (SSSR count). The Morgan fingerprint density at radius 2 is 2.09 bits per heavy atom. The smallest absolute Gasteiger partial charge is 0.272 e. The summed E-state index contributed by atoms with van der Waals surface area (Å²) < 4.78 is 13.4. The van der Waals surface area contributed by atoms with Gasteiger partial charge in [-0.25, -0.2) is 4.98 Å². The van der Waals surface area contributed by atoms with Gasteiger partial charge in [-0.1, -0.05) is 36.0 Å². The van der Waals surface area contributed by atoms with Gasteiger partial charge in [0.1, 0.15) is 22.8 Å². The van der Waals surface area contributed by atoms with Crippen LogP contribution in [0.1, 0.15) is 11.1 Å². The van der Waals surface area contributed by atoms with E-state index in [2.05, 4.69) is 0 Å². The zero-order valence-electron chi connectivity index (χ0n) is 18.8. The molecule has 0 spiro atoms. The molecule has 174 valence electrons. The van der Waals surface area contributed by atoms with E-state index in [1.807, 2.05) is 60.8 Å². The summed E-state index contributed by atoms with van der Waals surface area (Å²) >= 11 is 2.65. The van der Waals surface area contributed by atoms with E-state index in [1.165, 1.54) is 23.1 Å². The second-order valence-corrected chi connectivity index (χ2v) is 9.74. The fourth-order valence-electron chi connectivity index (χ4n) is 3.97. The molecular weight excluding hydrogens is 470 g/mol. The molecule has 1 amide bonds. The maximum atomic E-state index is 13.3. The van der Waals surface area contributed by atoms with Crippen LogP contribution in [0.2, 0.25) is 0 Å². The molecule has 0 unspecified atom stereocenters. The molecule has 7 nitrogen and oxygen atoms in total. The van der Waals surface area contributed by atoms with Crippen LogP contribution in [0.15, 0.2) is 63.9 Å². The van der Waals surface area contributed by atoms with E-state index in [1.54, 1.807) is 16.6 Å². The van der Waals surface area contributed by atoms with Crippen molar-refractivity contribution >= 4 is 44.9 Å². The van der Waals surface area contributed by atoms with Gasteiger partial charge in [-0.2, -0.15) is 0 Å². The van der Waals surface area contributed by atoms with Crippen LogP contribution in [-0.4, -0.2) is 41.5 Å².